The van der Waals surface area contributed by atoms with Gasteiger partial charge in [0.15, 0.2) is 9.84 Å². The van der Waals surface area contributed by atoms with Gasteiger partial charge in [0, 0.05) is 12.0 Å². The molecule has 1 saturated carbocycles. The first-order valence-corrected chi connectivity index (χ1v) is 14.0. The molecular weight excluding hydrogens is 565 g/mol. The average Bonchev–Trinajstić information content (AvgIpc) is 2.90. The second-order valence-electron chi connectivity index (χ2n) is 9.61. The van der Waals surface area contributed by atoms with Gasteiger partial charge in [0.05, 0.1) is 23.7 Å². The smallest absolute Gasteiger partial charge is 0.416 e. The van der Waals surface area contributed by atoms with Crippen molar-refractivity contribution in [3.63, 3.8) is 0 Å². The van der Waals surface area contributed by atoms with Gasteiger partial charge >= 0.3 is 12.1 Å². The largest absolute Gasteiger partial charge is 0.466 e. The molecule has 2 aromatic rings. The highest BCUT2D eigenvalue weighted by molar-refractivity contribution is 7.92. The van der Waals surface area contributed by atoms with Crippen LogP contribution in [0.25, 0.3) is 0 Å². The highest BCUT2D eigenvalue weighted by Gasteiger charge is 2.50. The van der Waals surface area contributed by atoms with Crippen LogP contribution in [0.5, 0.6) is 0 Å². The average molecular weight is 594 g/mol. The molecule has 0 aromatic heterocycles. The Morgan fingerprint density at radius 2 is 1.65 bits per heavy atom. The first-order chi connectivity index (χ1) is 18.8. The minimum Gasteiger partial charge on any atom is -0.466 e. The number of alkyl halides is 3. The second kappa shape index (κ2) is 12.9. The number of hydrogen-bond donors (Lipinski definition) is 0. The lowest BCUT2D eigenvalue weighted by Gasteiger charge is -2.40. The zero-order valence-corrected chi connectivity index (χ0v) is 22.1. The Hall–Kier alpha value is -3.29. The predicted molar refractivity (Wildman–Crippen MR) is 131 cm³/mol. The van der Waals surface area contributed by atoms with Gasteiger partial charge in [0.25, 0.3) is 5.09 Å². The van der Waals surface area contributed by atoms with Gasteiger partial charge in [-0.05, 0) is 93.3 Å². The first-order valence-electron chi connectivity index (χ1n) is 12.6. The van der Waals surface area contributed by atoms with Crippen LogP contribution < -0.4 is 0 Å². The van der Waals surface area contributed by atoms with Gasteiger partial charge in [-0.1, -0.05) is 0 Å². The molecule has 0 amide bonds. The fraction of sp³-hybridized carbons (Fsp3) is 0.500. The Bertz CT molecular complexity index is 1290. The topological polar surface area (TPSA) is 113 Å². The van der Waals surface area contributed by atoms with Crippen molar-refractivity contribution in [2.45, 2.75) is 67.2 Å². The number of carbonyl (C=O) groups excluding carboxylic acids is 1. The lowest BCUT2D eigenvalue weighted by molar-refractivity contribution is -0.757. The molecule has 220 valence electrons. The number of halogens is 5. The van der Waals surface area contributed by atoms with E-state index < -0.39 is 53.9 Å². The third-order valence-electron chi connectivity index (χ3n) is 7.09. The van der Waals surface area contributed by atoms with Gasteiger partial charge in [-0.25, -0.2) is 17.2 Å². The van der Waals surface area contributed by atoms with Crippen LogP contribution in [0.4, 0.5) is 22.0 Å². The van der Waals surface area contributed by atoms with E-state index in [1.807, 2.05) is 0 Å². The van der Waals surface area contributed by atoms with Crippen LogP contribution in [0.1, 0.15) is 62.5 Å². The molecule has 14 heteroatoms. The molecule has 0 bridgehead atoms. The number of sulfone groups is 1. The van der Waals surface area contributed by atoms with Crippen LogP contribution in [-0.4, -0.2) is 32.7 Å². The fourth-order valence-corrected chi connectivity index (χ4v) is 7.10. The Morgan fingerprint density at radius 3 is 2.25 bits per heavy atom. The summed E-state index contributed by atoms with van der Waals surface area (Å²) in [6, 6.07) is 5.39. The number of unbranched alkanes of at least 4 members (excludes halogenated alkanes) is 1. The molecular formula is C26H28F5NO7S. The fourth-order valence-electron chi connectivity index (χ4n) is 4.93. The summed E-state index contributed by atoms with van der Waals surface area (Å²) in [7, 11) is -4.48. The zero-order chi connectivity index (χ0) is 29.6. The maximum absolute atomic E-state index is 15.0. The molecule has 0 N–H and O–H groups in total. The van der Waals surface area contributed by atoms with Crippen LogP contribution in [-0.2, 0) is 35.1 Å². The molecule has 0 unspecified atom stereocenters. The summed E-state index contributed by atoms with van der Waals surface area (Å²) >= 11 is 0. The molecule has 1 aliphatic carbocycles. The van der Waals surface area contributed by atoms with Crippen molar-refractivity contribution in [2.24, 2.45) is 5.92 Å². The van der Waals surface area contributed by atoms with E-state index >= 15 is 0 Å². The zero-order valence-electron chi connectivity index (χ0n) is 21.3. The van der Waals surface area contributed by atoms with E-state index in [0.717, 1.165) is 30.3 Å². The quantitative estimate of drug-likeness (QED) is 0.0953. The van der Waals surface area contributed by atoms with Crippen molar-refractivity contribution in [3.8, 4) is 0 Å². The van der Waals surface area contributed by atoms with E-state index in [4.69, 9.17) is 4.74 Å². The molecule has 0 heterocycles. The van der Waals surface area contributed by atoms with Crippen LogP contribution in [0.2, 0.25) is 0 Å². The van der Waals surface area contributed by atoms with Crippen LogP contribution in [0.3, 0.4) is 0 Å². The molecule has 0 atom stereocenters. The first kappa shape index (κ1) is 31.2. The van der Waals surface area contributed by atoms with Gasteiger partial charge in [0.1, 0.15) is 16.4 Å². The Balaban J connectivity index is 1.71. The third-order valence-corrected chi connectivity index (χ3v) is 9.64. The highest BCUT2D eigenvalue weighted by Crippen LogP contribution is 2.50. The SMILES string of the molecule is O=C(CC[C@H]1CC[C@@](c2cc(F)ccc2F)(S(=O)(=O)c2ccc(C(F)(F)F)cc2)CC1)OCCCCO[N+](=O)[O-]. The van der Waals surface area contributed by atoms with Crippen molar-refractivity contribution >= 4 is 15.8 Å². The van der Waals surface area contributed by atoms with Crippen molar-refractivity contribution in [3.05, 3.63) is 75.3 Å². The Kier molecular flexibility index (Phi) is 10.1. The molecule has 0 aliphatic heterocycles. The molecule has 1 aliphatic rings. The third kappa shape index (κ3) is 7.46. The van der Waals surface area contributed by atoms with Gasteiger partial charge in [0.2, 0.25) is 0 Å². The van der Waals surface area contributed by atoms with E-state index in [1.54, 1.807) is 0 Å². The molecule has 0 spiro atoms. The van der Waals surface area contributed by atoms with E-state index in [1.165, 1.54) is 0 Å². The predicted octanol–water partition coefficient (Wildman–Crippen LogP) is 6.15. The maximum atomic E-state index is 15.0. The van der Waals surface area contributed by atoms with E-state index in [-0.39, 0.29) is 56.8 Å². The molecule has 8 nitrogen and oxygen atoms in total. The summed E-state index contributed by atoms with van der Waals surface area (Å²) < 4.78 is 99.1. The number of carbonyl (C=O) groups is 1. The summed E-state index contributed by atoms with van der Waals surface area (Å²) in [6.07, 6.45) is -3.40. The molecule has 0 radical (unpaired) electrons. The highest BCUT2D eigenvalue weighted by atomic mass is 32.2. The summed E-state index contributed by atoms with van der Waals surface area (Å²) in [5.41, 5.74) is -1.43. The summed E-state index contributed by atoms with van der Waals surface area (Å²) in [6.45, 7) is -0.0619. The molecule has 2 aromatic carbocycles. The summed E-state index contributed by atoms with van der Waals surface area (Å²) in [5.74, 6) is -2.43. The normalized spacial score (nSPS) is 19.7. The lowest BCUT2D eigenvalue weighted by atomic mass is 9.76. The summed E-state index contributed by atoms with van der Waals surface area (Å²) in [5, 5.41) is 9.18. The van der Waals surface area contributed by atoms with Gasteiger partial charge < -0.3 is 9.57 Å². The molecule has 1 fully saturated rings. The Labute approximate surface area is 227 Å². The molecule has 40 heavy (non-hydrogen) atoms. The lowest BCUT2D eigenvalue weighted by Crippen LogP contribution is -2.40. The van der Waals surface area contributed by atoms with Crippen LogP contribution >= 0.6 is 0 Å². The van der Waals surface area contributed by atoms with Gasteiger partial charge in [-0.15, -0.1) is 10.1 Å². The number of nitrogens with zero attached hydrogens (tertiary/aromatic N) is 1. The number of ether oxygens (including phenoxy) is 1. The van der Waals surface area contributed by atoms with Crippen LogP contribution in [0.15, 0.2) is 47.4 Å². The second-order valence-corrected chi connectivity index (χ2v) is 11.9. The maximum Gasteiger partial charge on any atom is 0.416 e. The minimum absolute atomic E-state index is 0.0308. The van der Waals surface area contributed by atoms with Crippen LogP contribution in [0, 0.1) is 27.7 Å². The van der Waals surface area contributed by atoms with Crippen molar-refractivity contribution in [1.29, 1.82) is 0 Å². The summed E-state index contributed by atoms with van der Waals surface area (Å²) in [4.78, 5) is 25.9. The Morgan fingerprint density at radius 1 is 1.02 bits per heavy atom. The molecule has 3 rings (SSSR count). The van der Waals surface area contributed by atoms with Crippen molar-refractivity contribution < 1.29 is 49.8 Å². The monoisotopic (exact) mass is 593 g/mol. The number of benzene rings is 2. The van der Waals surface area contributed by atoms with Crippen molar-refractivity contribution in [1.82, 2.24) is 0 Å². The standard InChI is InChI=1S/C26H28F5NO7S/c27-20-6-9-23(28)22(17-20)25(40(36,37)21-7-4-19(5-8-21)26(29,30)31)13-11-18(12-14-25)3-10-24(33)38-15-1-2-16-39-32(34)35/h4-9,17-18H,1-3,10-16H2/t18-,25+. The van der Waals surface area contributed by atoms with E-state index in [2.05, 4.69) is 4.84 Å². The number of esters is 1. The van der Waals surface area contributed by atoms with E-state index in [0.29, 0.717) is 31.4 Å². The van der Waals surface area contributed by atoms with Gasteiger partial charge in [-0.3, -0.25) is 4.79 Å². The minimum atomic E-state index is -4.68. The van der Waals surface area contributed by atoms with Crippen molar-refractivity contribution in [2.75, 3.05) is 13.2 Å². The number of hydrogen-bond acceptors (Lipinski definition) is 7. The van der Waals surface area contributed by atoms with Gasteiger partial charge in [-0.2, -0.15) is 13.2 Å². The number of rotatable bonds is 12. The van der Waals surface area contributed by atoms with E-state index in [9.17, 15) is 45.3 Å². The molecule has 0 saturated heterocycles.